The lowest BCUT2D eigenvalue weighted by Crippen LogP contribution is -2.47. The Labute approximate surface area is 389 Å². The van der Waals surface area contributed by atoms with Crippen molar-refractivity contribution in [2.45, 2.75) is 57.0 Å². The minimum absolute atomic E-state index is 0.103. The Morgan fingerprint density at radius 2 is 1.79 bits per heavy atom. The molecule has 0 unspecified atom stereocenters. The van der Waals surface area contributed by atoms with Crippen LogP contribution in [0.15, 0.2) is 89.5 Å². The SMILES string of the molecule is CC1(C)CCC(CN2CCN(c3ccc(C(=O)NS(=O)(=O)c4ccc(NC[C@H]5COCCO5)c([N+](=O)[O-])c4)c(N4CCCCOc5nc6[nH]ccc6cc54)c3)CC2)=C(c2ccc(Cl)cc2)C1. The van der Waals surface area contributed by atoms with Crippen molar-refractivity contribution in [3.05, 3.63) is 111 Å². The van der Waals surface area contributed by atoms with Gasteiger partial charge in [-0.05, 0) is 103 Å². The Bertz CT molecular complexity index is 2750. The van der Waals surface area contributed by atoms with Crippen molar-refractivity contribution >= 4 is 72.6 Å². The van der Waals surface area contributed by atoms with Crippen molar-refractivity contribution in [2.24, 2.45) is 5.41 Å². The van der Waals surface area contributed by atoms with E-state index in [1.165, 1.54) is 28.8 Å². The summed E-state index contributed by atoms with van der Waals surface area (Å²) in [5, 5.41) is 16.7. The van der Waals surface area contributed by atoms with Gasteiger partial charge in [0.25, 0.3) is 21.6 Å². The lowest BCUT2D eigenvalue weighted by Gasteiger charge is -2.39. The fourth-order valence-electron chi connectivity index (χ4n) is 9.29. The van der Waals surface area contributed by atoms with Crippen molar-refractivity contribution in [1.82, 2.24) is 19.6 Å². The van der Waals surface area contributed by atoms with Crippen LogP contribution in [0.3, 0.4) is 0 Å². The highest BCUT2D eigenvalue weighted by Crippen LogP contribution is 2.44. The van der Waals surface area contributed by atoms with E-state index >= 15 is 0 Å². The molecule has 4 aliphatic rings. The molecule has 348 valence electrons. The van der Waals surface area contributed by atoms with Gasteiger partial charge in [0, 0.05) is 74.2 Å². The Balaban J connectivity index is 0.996. The number of pyridine rings is 1. The summed E-state index contributed by atoms with van der Waals surface area (Å²) < 4.78 is 47.4. The number of hydrogen-bond donors (Lipinski definition) is 3. The fourth-order valence-corrected chi connectivity index (χ4v) is 10.4. The van der Waals surface area contributed by atoms with Crippen LogP contribution in [0.2, 0.25) is 5.02 Å². The van der Waals surface area contributed by atoms with Gasteiger partial charge in [0.05, 0.1) is 53.6 Å². The molecule has 5 aromatic rings. The zero-order valence-electron chi connectivity index (χ0n) is 37.2. The maximum absolute atomic E-state index is 14.4. The van der Waals surface area contributed by atoms with Crippen LogP contribution in [0.1, 0.15) is 61.9 Å². The number of nitro benzene ring substituents is 1. The summed E-state index contributed by atoms with van der Waals surface area (Å²) in [6.07, 6.45) is 6.13. The molecular formula is C48H55ClN8O8S. The molecule has 0 bridgehead atoms. The number of nitro groups is 1. The van der Waals surface area contributed by atoms with E-state index in [0.717, 1.165) is 87.0 Å². The van der Waals surface area contributed by atoms with Gasteiger partial charge in [0.1, 0.15) is 17.0 Å². The normalized spacial score (nSPS) is 19.4. The van der Waals surface area contributed by atoms with E-state index in [2.05, 4.69) is 50.8 Å². The van der Waals surface area contributed by atoms with E-state index in [1.807, 2.05) is 41.3 Å². The Kier molecular flexibility index (Phi) is 13.3. The number of carbonyl (C=O) groups excluding carboxylic acids is 1. The van der Waals surface area contributed by atoms with E-state index < -0.39 is 31.4 Å². The first-order valence-electron chi connectivity index (χ1n) is 22.6. The maximum Gasteiger partial charge on any atom is 0.293 e. The van der Waals surface area contributed by atoms with Crippen LogP contribution in [0.4, 0.5) is 28.4 Å². The number of fused-ring (bicyclic) bond motifs is 2. The first kappa shape index (κ1) is 45.4. The molecule has 5 heterocycles. The smallest absolute Gasteiger partial charge is 0.293 e. The predicted molar refractivity (Wildman–Crippen MR) is 256 cm³/mol. The molecule has 2 fully saturated rings. The van der Waals surface area contributed by atoms with Crippen LogP contribution < -0.4 is 24.6 Å². The summed E-state index contributed by atoms with van der Waals surface area (Å²) >= 11 is 6.27. The molecule has 1 amide bonds. The van der Waals surface area contributed by atoms with Gasteiger partial charge >= 0.3 is 0 Å². The number of sulfonamides is 1. The topological polar surface area (TPSA) is 185 Å². The van der Waals surface area contributed by atoms with Crippen LogP contribution in [0, 0.1) is 15.5 Å². The zero-order chi connectivity index (χ0) is 46.0. The van der Waals surface area contributed by atoms with Gasteiger partial charge in [0.15, 0.2) is 0 Å². The van der Waals surface area contributed by atoms with Crippen molar-refractivity contribution in [3.8, 4) is 5.88 Å². The van der Waals surface area contributed by atoms with Gasteiger partial charge < -0.3 is 34.3 Å². The van der Waals surface area contributed by atoms with Crippen molar-refractivity contribution < 1.29 is 32.3 Å². The molecule has 2 aromatic heterocycles. The number of aromatic nitrogens is 2. The molecule has 0 saturated carbocycles. The molecule has 66 heavy (non-hydrogen) atoms. The number of rotatable bonds is 12. The van der Waals surface area contributed by atoms with Crippen molar-refractivity contribution in [1.29, 1.82) is 0 Å². The van der Waals surface area contributed by atoms with Crippen LogP contribution >= 0.6 is 11.6 Å². The second-order valence-corrected chi connectivity index (χ2v) is 20.3. The number of aromatic amines is 1. The van der Waals surface area contributed by atoms with Crippen LogP contribution in [0.5, 0.6) is 5.88 Å². The van der Waals surface area contributed by atoms with E-state index in [4.69, 9.17) is 30.8 Å². The van der Waals surface area contributed by atoms with Gasteiger partial charge in [-0.3, -0.25) is 19.8 Å². The summed E-state index contributed by atoms with van der Waals surface area (Å²) in [7, 11) is -4.60. The monoisotopic (exact) mass is 938 g/mol. The number of nitrogens with zero attached hydrogens (tertiary/aromatic N) is 5. The molecule has 18 heteroatoms. The third-order valence-corrected chi connectivity index (χ3v) is 14.5. The van der Waals surface area contributed by atoms with E-state index in [0.29, 0.717) is 55.9 Å². The Hall–Kier alpha value is -5.72. The van der Waals surface area contributed by atoms with Crippen molar-refractivity contribution in [2.75, 3.05) is 87.4 Å². The Morgan fingerprint density at radius 1 is 0.970 bits per heavy atom. The fraction of sp³-hybridized carbons (Fsp3) is 0.417. The van der Waals surface area contributed by atoms with Gasteiger partial charge in [-0.25, -0.2) is 13.1 Å². The van der Waals surface area contributed by atoms with E-state index in [1.54, 1.807) is 12.3 Å². The van der Waals surface area contributed by atoms with E-state index in [-0.39, 0.29) is 29.3 Å². The average Bonchev–Trinajstić information content (AvgIpc) is 3.77. The minimum atomic E-state index is -4.60. The highest BCUT2D eigenvalue weighted by Gasteiger charge is 2.32. The third-order valence-electron chi connectivity index (χ3n) is 12.9. The molecule has 9 rings (SSSR count). The molecule has 1 atom stereocenters. The van der Waals surface area contributed by atoms with Crippen LogP contribution in [0.25, 0.3) is 16.6 Å². The number of halogens is 1. The number of nitrogens with one attached hydrogen (secondary N) is 3. The highest BCUT2D eigenvalue weighted by atomic mass is 35.5. The van der Waals surface area contributed by atoms with Crippen LogP contribution in [-0.4, -0.2) is 112 Å². The molecule has 3 aliphatic heterocycles. The summed E-state index contributed by atoms with van der Waals surface area (Å²) in [5.41, 5.74) is 6.76. The number of carbonyl (C=O) groups is 1. The molecule has 2 saturated heterocycles. The summed E-state index contributed by atoms with van der Waals surface area (Å²) in [5.74, 6) is -0.495. The first-order valence-corrected chi connectivity index (χ1v) is 24.4. The van der Waals surface area contributed by atoms with Gasteiger partial charge in [-0.2, -0.15) is 4.98 Å². The Morgan fingerprint density at radius 3 is 2.56 bits per heavy atom. The molecule has 0 radical (unpaired) electrons. The minimum Gasteiger partial charge on any atom is -0.476 e. The van der Waals surface area contributed by atoms with Gasteiger partial charge in [-0.15, -0.1) is 0 Å². The van der Waals surface area contributed by atoms with Gasteiger partial charge in [0.2, 0.25) is 5.88 Å². The molecule has 16 nitrogen and oxygen atoms in total. The number of benzene rings is 3. The summed E-state index contributed by atoms with van der Waals surface area (Å²) in [6.45, 7) is 11.1. The molecule has 0 spiro atoms. The number of piperazine rings is 1. The molecular weight excluding hydrogens is 884 g/mol. The average molecular weight is 940 g/mol. The highest BCUT2D eigenvalue weighted by molar-refractivity contribution is 7.90. The number of ether oxygens (including phenoxy) is 3. The number of hydrogen-bond acceptors (Lipinski definition) is 13. The number of allylic oxidation sites excluding steroid dienone is 1. The largest absolute Gasteiger partial charge is 0.476 e. The van der Waals surface area contributed by atoms with E-state index in [9.17, 15) is 23.3 Å². The molecule has 3 N–H and O–H groups in total. The second-order valence-electron chi connectivity index (χ2n) is 18.1. The quantitative estimate of drug-likeness (QED) is 0.0805. The standard InChI is InChI=1S/C48H55ClN8O8S/c1-48(2)15-13-34(40(28-48)32-5-7-35(49)8-6-32)30-54-18-20-55(21-19-54)36-9-11-39(42(26-36)56-17-3-4-22-65-47-44(56)25-33-14-16-50-45(33)52-47)46(58)53-66(61,62)38-10-12-41(43(27-38)57(59)60)51-29-37-31-63-23-24-64-37/h5-12,14,16,25-27,37,51H,3-4,13,15,17-24,28-31H2,1-2H3,(H,50,52)(H,53,58)/t37-/m0/s1. The molecule has 1 aliphatic carbocycles. The van der Waals surface area contributed by atoms with Crippen molar-refractivity contribution in [3.63, 3.8) is 0 Å². The third kappa shape index (κ3) is 10.1. The lowest BCUT2D eigenvalue weighted by atomic mass is 9.72. The van der Waals surface area contributed by atoms with Crippen LogP contribution in [-0.2, 0) is 19.5 Å². The maximum atomic E-state index is 14.4. The zero-order valence-corrected chi connectivity index (χ0v) is 38.8. The summed E-state index contributed by atoms with van der Waals surface area (Å²) in [4.78, 5) is 40.3. The predicted octanol–water partition coefficient (Wildman–Crippen LogP) is 8.17. The molecule has 3 aromatic carbocycles. The number of H-pyrrole nitrogens is 1. The first-order chi connectivity index (χ1) is 31.8. The second kappa shape index (κ2) is 19.2. The summed E-state index contributed by atoms with van der Waals surface area (Å²) in [6, 6.07) is 21.0. The van der Waals surface area contributed by atoms with Gasteiger partial charge in [-0.1, -0.05) is 43.2 Å². The lowest BCUT2D eigenvalue weighted by molar-refractivity contribution is -0.384. The number of amides is 1. The number of anilines is 4.